The van der Waals surface area contributed by atoms with E-state index in [9.17, 15) is 18.3 Å². The summed E-state index contributed by atoms with van der Waals surface area (Å²) in [5.41, 5.74) is -0.598. The average Bonchev–Trinajstić information content (AvgIpc) is 2.47. The number of hydrogen-bond acceptors (Lipinski definition) is 3. The van der Waals surface area contributed by atoms with Gasteiger partial charge in [-0.05, 0) is 37.6 Å². The maximum atomic E-state index is 12.6. The Labute approximate surface area is 127 Å². The van der Waals surface area contributed by atoms with E-state index in [0.717, 1.165) is 44.2 Å². The van der Waals surface area contributed by atoms with Crippen LogP contribution in [-0.2, 0) is 6.18 Å². The number of aliphatic hydroxyl groups excluding tert-OH is 1. The fourth-order valence-corrected chi connectivity index (χ4v) is 3.55. The molecule has 0 aromatic heterocycles. The Balaban J connectivity index is 1.85. The van der Waals surface area contributed by atoms with E-state index >= 15 is 0 Å². The van der Waals surface area contributed by atoms with Gasteiger partial charge in [0, 0.05) is 23.2 Å². The molecule has 1 unspecified atom stereocenters. The first kappa shape index (κ1) is 16.6. The van der Waals surface area contributed by atoms with Gasteiger partial charge in [0.1, 0.15) is 0 Å². The Hall–Kier alpha value is -0.720. The molecule has 1 N–H and O–H groups in total. The molecule has 2 nitrogen and oxygen atoms in total. The lowest BCUT2D eigenvalue weighted by Crippen LogP contribution is -2.42. The Kier molecular flexibility index (Phi) is 5.96. The minimum atomic E-state index is -4.29. The lowest BCUT2D eigenvalue weighted by Gasteiger charge is -2.34. The third-order valence-corrected chi connectivity index (χ3v) is 4.74. The first-order valence-electron chi connectivity index (χ1n) is 7.15. The summed E-state index contributed by atoms with van der Waals surface area (Å²) in [6, 6.07) is 5.66. The van der Waals surface area contributed by atoms with Crippen LogP contribution in [0.1, 0.15) is 24.8 Å². The normalized spacial score (nSPS) is 20.7. The van der Waals surface area contributed by atoms with E-state index in [0.29, 0.717) is 4.90 Å². The number of piperidine rings is 1. The number of aliphatic hydroxyl groups is 1. The molecule has 0 saturated carbocycles. The van der Waals surface area contributed by atoms with Crippen molar-refractivity contribution in [2.75, 3.05) is 25.4 Å². The number of benzene rings is 1. The fraction of sp³-hybridized carbons (Fsp3) is 0.600. The lowest BCUT2D eigenvalue weighted by atomic mass is 10.0. The molecule has 6 heteroatoms. The number of likely N-dealkylation sites (tertiary alicyclic amines) is 1. The molecule has 1 saturated heterocycles. The van der Waals surface area contributed by atoms with Crippen LogP contribution in [-0.4, -0.2) is 41.5 Å². The van der Waals surface area contributed by atoms with Gasteiger partial charge in [0.25, 0.3) is 0 Å². The van der Waals surface area contributed by atoms with Crippen LogP contribution >= 0.6 is 11.8 Å². The van der Waals surface area contributed by atoms with E-state index in [4.69, 9.17) is 0 Å². The van der Waals surface area contributed by atoms with Crippen LogP contribution in [0.3, 0.4) is 0 Å². The second-order valence-corrected chi connectivity index (χ2v) is 6.41. The summed E-state index contributed by atoms with van der Waals surface area (Å²) in [7, 11) is 0. The van der Waals surface area contributed by atoms with Crippen LogP contribution in [0.15, 0.2) is 29.2 Å². The summed E-state index contributed by atoms with van der Waals surface area (Å²) in [6.45, 7) is 1.93. The summed E-state index contributed by atoms with van der Waals surface area (Å²) >= 11 is 1.43. The smallest absolute Gasteiger partial charge is 0.395 e. The molecule has 0 radical (unpaired) electrons. The van der Waals surface area contributed by atoms with Crippen LogP contribution in [0.4, 0.5) is 13.2 Å². The molecule has 118 valence electrons. The van der Waals surface area contributed by atoms with Crippen molar-refractivity contribution in [1.29, 1.82) is 0 Å². The molecule has 1 aromatic rings. The zero-order chi connectivity index (χ0) is 15.3. The van der Waals surface area contributed by atoms with Crippen LogP contribution in [0.25, 0.3) is 0 Å². The first-order chi connectivity index (χ1) is 10.0. The van der Waals surface area contributed by atoms with Crippen LogP contribution in [0.2, 0.25) is 0 Å². The summed E-state index contributed by atoms with van der Waals surface area (Å²) in [4.78, 5) is 2.88. The molecule has 0 aliphatic carbocycles. The second-order valence-electron chi connectivity index (χ2n) is 5.24. The molecular formula is C15H20F3NOS. The highest BCUT2D eigenvalue weighted by molar-refractivity contribution is 7.99. The topological polar surface area (TPSA) is 23.5 Å². The molecule has 1 aromatic carbocycles. The molecule has 0 amide bonds. The average molecular weight is 319 g/mol. The maximum Gasteiger partial charge on any atom is 0.416 e. The summed E-state index contributed by atoms with van der Waals surface area (Å²) in [5.74, 6) is 0.734. The highest BCUT2D eigenvalue weighted by Gasteiger charge is 2.30. The van der Waals surface area contributed by atoms with Crippen LogP contribution < -0.4 is 0 Å². The Morgan fingerprint density at radius 2 is 2.10 bits per heavy atom. The fourth-order valence-electron chi connectivity index (χ4n) is 2.60. The standard InChI is InChI=1S/C15H20F3NOS/c16-15(17,18)12-4-3-6-14(10-12)21-9-8-19-7-2-1-5-13(19)11-20/h3-4,6,10,13,20H,1-2,5,7-9,11H2. The van der Waals surface area contributed by atoms with Gasteiger partial charge in [-0.25, -0.2) is 0 Å². The van der Waals surface area contributed by atoms with Crippen LogP contribution in [0, 0.1) is 0 Å². The van der Waals surface area contributed by atoms with Gasteiger partial charge in [-0.15, -0.1) is 11.8 Å². The third-order valence-electron chi connectivity index (χ3n) is 3.77. The van der Waals surface area contributed by atoms with E-state index in [2.05, 4.69) is 4.90 Å². The van der Waals surface area contributed by atoms with E-state index in [-0.39, 0.29) is 12.6 Å². The summed E-state index contributed by atoms with van der Waals surface area (Å²) < 4.78 is 37.9. The Morgan fingerprint density at radius 3 is 2.81 bits per heavy atom. The van der Waals surface area contributed by atoms with Gasteiger partial charge in [-0.2, -0.15) is 13.2 Å². The highest BCUT2D eigenvalue weighted by atomic mass is 32.2. The number of hydrogen-bond donors (Lipinski definition) is 1. The molecule has 0 bridgehead atoms. The summed E-state index contributed by atoms with van der Waals surface area (Å²) in [6.07, 6.45) is -1.01. The minimum absolute atomic E-state index is 0.161. The third kappa shape index (κ3) is 4.90. The van der Waals surface area contributed by atoms with Crippen molar-refractivity contribution in [2.24, 2.45) is 0 Å². The van der Waals surface area contributed by atoms with Crippen molar-refractivity contribution in [3.8, 4) is 0 Å². The van der Waals surface area contributed by atoms with Crippen molar-refractivity contribution in [2.45, 2.75) is 36.4 Å². The van der Waals surface area contributed by atoms with Gasteiger partial charge in [-0.1, -0.05) is 12.5 Å². The molecule has 2 rings (SSSR count). The predicted molar refractivity (Wildman–Crippen MR) is 78.5 cm³/mol. The Bertz CT molecular complexity index is 453. The van der Waals surface area contributed by atoms with Gasteiger partial charge >= 0.3 is 6.18 Å². The number of halogens is 3. The second kappa shape index (κ2) is 7.51. The van der Waals surface area contributed by atoms with Gasteiger partial charge in [0.05, 0.1) is 12.2 Å². The molecule has 1 atom stereocenters. The zero-order valence-corrected chi connectivity index (χ0v) is 12.6. The van der Waals surface area contributed by atoms with E-state index in [1.54, 1.807) is 6.07 Å². The van der Waals surface area contributed by atoms with Gasteiger partial charge in [0.15, 0.2) is 0 Å². The van der Waals surface area contributed by atoms with Crippen LogP contribution in [0.5, 0.6) is 0 Å². The first-order valence-corrected chi connectivity index (χ1v) is 8.14. The molecule has 1 aliphatic heterocycles. The molecule has 21 heavy (non-hydrogen) atoms. The number of nitrogens with zero attached hydrogens (tertiary/aromatic N) is 1. The minimum Gasteiger partial charge on any atom is -0.395 e. The zero-order valence-electron chi connectivity index (χ0n) is 11.8. The van der Waals surface area contributed by atoms with Crippen molar-refractivity contribution < 1.29 is 18.3 Å². The lowest BCUT2D eigenvalue weighted by molar-refractivity contribution is -0.137. The highest BCUT2D eigenvalue weighted by Crippen LogP contribution is 2.32. The molecular weight excluding hydrogens is 299 g/mol. The number of alkyl halides is 3. The number of thioether (sulfide) groups is 1. The van der Waals surface area contributed by atoms with E-state index < -0.39 is 11.7 Å². The van der Waals surface area contributed by atoms with Gasteiger partial charge in [-0.3, -0.25) is 4.90 Å². The van der Waals surface area contributed by atoms with Crippen molar-refractivity contribution >= 4 is 11.8 Å². The van der Waals surface area contributed by atoms with Crippen molar-refractivity contribution in [1.82, 2.24) is 4.90 Å². The van der Waals surface area contributed by atoms with Crippen molar-refractivity contribution in [3.63, 3.8) is 0 Å². The largest absolute Gasteiger partial charge is 0.416 e. The molecule has 1 aliphatic rings. The monoisotopic (exact) mass is 319 g/mol. The molecule has 0 spiro atoms. The Morgan fingerprint density at radius 1 is 1.29 bits per heavy atom. The van der Waals surface area contributed by atoms with Crippen molar-refractivity contribution in [3.05, 3.63) is 29.8 Å². The van der Waals surface area contributed by atoms with E-state index in [1.807, 2.05) is 0 Å². The van der Waals surface area contributed by atoms with Gasteiger partial charge in [0.2, 0.25) is 0 Å². The predicted octanol–water partition coefficient (Wildman–Crippen LogP) is 3.64. The number of rotatable bonds is 5. The SMILES string of the molecule is OCC1CCCCN1CCSc1cccc(C(F)(F)F)c1. The quantitative estimate of drug-likeness (QED) is 0.838. The molecule has 1 heterocycles. The molecule has 1 fully saturated rings. The summed E-state index contributed by atoms with van der Waals surface area (Å²) in [5, 5.41) is 9.33. The van der Waals surface area contributed by atoms with E-state index in [1.165, 1.54) is 23.9 Å². The maximum absolute atomic E-state index is 12.6. The van der Waals surface area contributed by atoms with Gasteiger partial charge < -0.3 is 5.11 Å².